The van der Waals surface area contributed by atoms with Crippen molar-refractivity contribution in [2.24, 2.45) is 0 Å². The topological polar surface area (TPSA) is 148 Å². The van der Waals surface area contributed by atoms with Gasteiger partial charge in [0.15, 0.2) is 24.6 Å². The third-order valence-corrected chi connectivity index (χ3v) is 6.26. The zero-order valence-corrected chi connectivity index (χ0v) is 25.7. The van der Waals surface area contributed by atoms with Crippen LogP contribution < -0.4 is 21.5 Å². The zero-order chi connectivity index (χ0) is 29.8. The summed E-state index contributed by atoms with van der Waals surface area (Å²) in [6.45, 7) is 9.29. The van der Waals surface area contributed by atoms with Gasteiger partial charge in [0.25, 0.3) is 0 Å². The van der Waals surface area contributed by atoms with Gasteiger partial charge in [0.05, 0.1) is 13.2 Å². The van der Waals surface area contributed by atoms with Crippen molar-refractivity contribution in [1.82, 2.24) is 4.90 Å². The van der Waals surface area contributed by atoms with Crippen LogP contribution in [-0.4, -0.2) is 78.5 Å². The maximum atomic E-state index is 12.9. The van der Waals surface area contributed by atoms with Gasteiger partial charge in [-0.15, -0.1) is 0 Å². The molecule has 13 nitrogen and oxygen atoms in total. The molecule has 0 spiro atoms. The average molecular weight is 646 g/mol. The van der Waals surface area contributed by atoms with Gasteiger partial charge >= 0.3 is 36.2 Å². The summed E-state index contributed by atoms with van der Waals surface area (Å²) in [4.78, 5) is 63.4. The molecule has 0 saturated carbocycles. The molecule has 0 aliphatic carbocycles. The Kier molecular flexibility index (Phi) is 11.7. The maximum absolute atomic E-state index is 12.9. The summed E-state index contributed by atoms with van der Waals surface area (Å²) in [6, 6.07) is 3.23. The Balaban J connectivity index is 0.00000588. The zero-order valence-electron chi connectivity index (χ0n) is 24.2. The summed E-state index contributed by atoms with van der Waals surface area (Å²) in [7, 11) is 1.13. The SMILES string of the molecule is COC(=O)[C@H]1O[C@@H]([n+]2cccc(C3CCCN3C(=O)OC(C)(C)C)c2)[C@H](OC(C)=O)[C@@H](OC(C)=O)[C@@H]1OC(C)=O.[Br-]. The summed E-state index contributed by atoms with van der Waals surface area (Å²) in [5.41, 5.74) is 0.0676. The average Bonchev–Trinajstić information content (AvgIpc) is 3.34. The first-order valence-electron chi connectivity index (χ1n) is 13.0. The minimum atomic E-state index is -1.52. The van der Waals surface area contributed by atoms with Gasteiger partial charge in [-0.2, -0.15) is 4.57 Å². The Bertz CT molecular complexity index is 1140. The fourth-order valence-electron chi connectivity index (χ4n) is 4.85. The van der Waals surface area contributed by atoms with Crippen LogP contribution in [0.5, 0.6) is 0 Å². The van der Waals surface area contributed by atoms with Crippen LogP contribution in [0.25, 0.3) is 0 Å². The number of aromatic nitrogens is 1. The molecular weight excluding hydrogens is 608 g/mol. The fraction of sp³-hybridized carbons (Fsp3) is 0.630. The third-order valence-electron chi connectivity index (χ3n) is 6.26. The fourth-order valence-corrected chi connectivity index (χ4v) is 4.85. The number of hydrogen-bond donors (Lipinski definition) is 0. The predicted octanol–water partition coefficient (Wildman–Crippen LogP) is -1.08. The highest BCUT2D eigenvalue weighted by Crippen LogP contribution is 2.35. The van der Waals surface area contributed by atoms with Gasteiger partial charge in [-0.25, -0.2) is 9.59 Å². The number of carbonyl (C=O) groups is 5. The molecule has 0 N–H and O–H groups in total. The number of amides is 1. The molecule has 0 aromatic carbocycles. The lowest BCUT2D eigenvalue weighted by Gasteiger charge is -2.41. The predicted molar refractivity (Wildman–Crippen MR) is 134 cm³/mol. The third kappa shape index (κ3) is 8.62. The van der Waals surface area contributed by atoms with E-state index in [1.165, 1.54) is 0 Å². The van der Waals surface area contributed by atoms with Gasteiger partial charge in [-0.05, 0) is 39.7 Å². The van der Waals surface area contributed by atoms with Gasteiger partial charge in [0, 0.05) is 38.9 Å². The van der Waals surface area contributed by atoms with Crippen molar-refractivity contribution < 1.29 is 73.9 Å². The minimum absolute atomic E-state index is 0. The van der Waals surface area contributed by atoms with Crippen LogP contribution in [0.4, 0.5) is 4.79 Å². The lowest BCUT2D eigenvalue weighted by molar-refractivity contribution is -0.776. The standard InChI is InChI=1S/C27H37N2O11.BrH/c1-15(30)36-20-21(37-16(2)31)23(25(33)35-7)39-24(22(20)38-17(3)32)28-12-8-10-18(14-28)19-11-9-13-29(19)26(34)40-27(4,5)6;/h8,10,12,14,19-24H,9,11,13H2,1-7H3;1H/q+1;/p-1/t19?,20-,21-,22+,23-,24+;/m0./s1. The highest BCUT2D eigenvalue weighted by molar-refractivity contribution is 5.77. The molecule has 1 amide bonds. The Morgan fingerprint density at radius 3 is 2.10 bits per heavy atom. The summed E-state index contributed by atoms with van der Waals surface area (Å²) >= 11 is 0. The van der Waals surface area contributed by atoms with E-state index in [-0.39, 0.29) is 23.0 Å². The van der Waals surface area contributed by atoms with Crippen molar-refractivity contribution in [1.29, 1.82) is 0 Å². The first-order valence-corrected chi connectivity index (χ1v) is 13.0. The number of hydrogen-bond acceptors (Lipinski definition) is 11. The van der Waals surface area contributed by atoms with Crippen LogP contribution in [0.1, 0.15) is 72.2 Å². The number of rotatable bonds is 6. The van der Waals surface area contributed by atoms with E-state index in [4.69, 9.17) is 28.4 Å². The largest absolute Gasteiger partial charge is 1.00 e. The maximum Gasteiger partial charge on any atom is 0.410 e. The van der Waals surface area contributed by atoms with E-state index in [1.807, 2.05) is 6.07 Å². The molecule has 2 aliphatic rings. The molecule has 0 radical (unpaired) electrons. The number of ether oxygens (including phenoxy) is 6. The summed E-state index contributed by atoms with van der Waals surface area (Å²) < 4.78 is 34.4. The van der Waals surface area contributed by atoms with Crippen LogP contribution in [0.15, 0.2) is 24.5 Å². The molecule has 2 saturated heterocycles. The van der Waals surface area contributed by atoms with Crippen LogP contribution in [-0.2, 0) is 47.6 Å². The second-order valence-corrected chi connectivity index (χ2v) is 10.6. The molecule has 228 valence electrons. The molecule has 1 aromatic rings. The molecule has 14 heteroatoms. The summed E-state index contributed by atoms with van der Waals surface area (Å²) in [5.74, 6) is -3.16. The van der Waals surface area contributed by atoms with Crippen molar-refractivity contribution >= 4 is 30.0 Å². The smallest absolute Gasteiger partial charge is 0.410 e. The summed E-state index contributed by atoms with van der Waals surface area (Å²) in [6.07, 6.45) is -2.61. The highest BCUT2D eigenvalue weighted by Gasteiger charge is 2.58. The first-order chi connectivity index (χ1) is 18.7. The van der Waals surface area contributed by atoms with E-state index in [1.54, 1.807) is 48.7 Å². The van der Waals surface area contributed by atoms with Crippen LogP contribution in [0, 0.1) is 0 Å². The van der Waals surface area contributed by atoms with Gasteiger partial charge in [-0.1, -0.05) is 0 Å². The number of nitrogens with zero attached hydrogens (tertiary/aromatic N) is 2. The molecule has 2 aliphatic heterocycles. The lowest BCUT2D eigenvalue weighted by Crippen LogP contribution is -3.00. The Morgan fingerprint density at radius 2 is 1.54 bits per heavy atom. The van der Waals surface area contributed by atoms with Gasteiger partial charge < -0.3 is 45.6 Å². The molecule has 3 heterocycles. The van der Waals surface area contributed by atoms with E-state index >= 15 is 0 Å². The first kappa shape index (κ1) is 33.9. The van der Waals surface area contributed by atoms with E-state index < -0.39 is 66.2 Å². The van der Waals surface area contributed by atoms with E-state index in [2.05, 4.69) is 0 Å². The van der Waals surface area contributed by atoms with Crippen molar-refractivity contribution in [2.75, 3.05) is 13.7 Å². The monoisotopic (exact) mass is 644 g/mol. The number of likely N-dealkylation sites (tertiary alicyclic amines) is 1. The Hall–Kier alpha value is -3.26. The molecule has 6 atom stereocenters. The molecule has 1 aromatic heterocycles. The number of carbonyl (C=O) groups excluding carboxylic acids is 5. The molecule has 0 bridgehead atoms. The molecular formula is C27H37BrN2O11. The van der Waals surface area contributed by atoms with Crippen LogP contribution in [0.3, 0.4) is 0 Å². The van der Waals surface area contributed by atoms with Crippen molar-refractivity contribution in [2.45, 2.75) is 96.7 Å². The minimum Gasteiger partial charge on any atom is -1.00 e. The number of pyridine rings is 1. The van der Waals surface area contributed by atoms with Gasteiger partial charge in [0.2, 0.25) is 12.2 Å². The van der Waals surface area contributed by atoms with E-state index in [9.17, 15) is 24.0 Å². The Morgan fingerprint density at radius 1 is 0.951 bits per heavy atom. The van der Waals surface area contributed by atoms with Crippen molar-refractivity contribution in [3.05, 3.63) is 30.1 Å². The normalized spacial score (nSPS) is 25.8. The van der Waals surface area contributed by atoms with Crippen molar-refractivity contribution in [3.63, 3.8) is 0 Å². The van der Waals surface area contributed by atoms with Crippen molar-refractivity contribution in [3.8, 4) is 0 Å². The molecule has 3 rings (SSSR count). The summed E-state index contributed by atoms with van der Waals surface area (Å²) in [5, 5.41) is 0. The second-order valence-electron chi connectivity index (χ2n) is 10.6. The quantitative estimate of drug-likeness (QED) is 0.211. The van der Waals surface area contributed by atoms with Gasteiger partial charge in [-0.3, -0.25) is 19.1 Å². The van der Waals surface area contributed by atoms with E-state index in [0.29, 0.717) is 13.0 Å². The van der Waals surface area contributed by atoms with Crippen LogP contribution in [0.2, 0.25) is 0 Å². The number of esters is 4. The molecule has 41 heavy (non-hydrogen) atoms. The number of halogens is 1. The molecule has 2 fully saturated rings. The lowest BCUT2D eigenvalue weighted by atomic mass is 9.96. The van der Waals surface area contributed by atoms with Crippen LogP contribution >= 0.6 is 0 Å². The Labute approximate surface area is 249 Å². The second kappa shape index (κ2) is 14.1. The van der Waals surface area contributed by atoms with E-state index in [0.717, 1.165) is 39.9 Å². The van der Waals surface area contributed by atoms with Gasteiger partial charge in [0.1, 0.15) is 5.60 Å². The number of methoxy groups -OCH3 is 1. The highest BCUT2D eigenvalue weighted by atomic mass is 79.9. The molecule has 1 unspecified atom stereocenters.